The number of halogens is 2. The van der Waals surface area contributed by atoms with E-state index in [1.165, 1.54) is 12.1 Å². The second-order valence-electron chi connectivity index (χ2n) is 4.68. The number of benzene rings is 1. The molecular weight excluding hydrogens is 262 g/mol. The van der Waals surface area contributed by atoms with Crippen LogP contribution in [0.1, 0.15) is 29.9 Å². The summed E-state index contributed by atoms with van der Waals surface area (Å²) in [5.41, 5.74) is 4.78. The molecule has 1 atom stereocenters. The van der Waals surface area contributed by atoms with Gasteiger partial charge in [0, 0.05) is 30.3 Å². The Morgan fingerprint density at radius 2 is 2.10 bits per heavy atom. The van der Waals surface area contributed by atoms with Gasteiger partial charge in [-0.3, -0.25) is 16.0 Å². The second kappa shape index (κ2) is 6.11. The van der Waals surface area contributed by atoms with Gasteiger partial charge in [0.2, 0.25) is 0 Å². The summed E-state index contributed by atoms with van der Waals surface area (Å²) in [5, 5.41) is 4.34. The first-order valence-electron chi connectivity index (χ1n) is 6.49. The van der Waals surface area contributed by atoms with E-state index in [-0.39, 0.29) is 0 Å². The third kappa shape index (κ3) is 3.02. The van der Waals surface area contributed by atoms with Crippen LogP contribution < -0.4 is 11.3 Å². The highest BCUT2D eigenvalue weighted by Gasteiger charge is 2.18. The molecule has 0 fully saturated rings. The summed E-state index contributed by atoms with van der Waals surface area (Å²) in [5.74, 6) is 4.31. The normalized spacial score (nSPS) is 12.7. The highest BCUT2D eigenvalue weighted by molar-refractivity contribution is 5.24. The molecule has 1 aromatic heterocycles. The first-order chi connectivity index (χ1) is 9.55. The van der Waals surface area contributed by atoms with Gasteiger partial charge in [-0.25, -0.2) is 8.78 Å². The summed E-state index contributed by atoms with van der Waals surface area (Å²) in [4.78, 5) is 0. The Morgan fingerprint density at radius 1 is 1.35 bits per heavy atom. The molecule has 1 unspecified atom stereocenters. The molecule has 20 heavy (non-hydrogen) atoms. The predicted octanol–water partition coefficient (Wildman–Crippen LogP) is 2.24. The summed E-state index contributed by atoms with van der Waals surface area (Å²) in [7, 11) is 0. The molecular formula is C14H18F2N4. The molecule has 4 nitrogen and oxygen atoms in total. The second-order valence-corrected chi connectivity index (χ2v) is 4.68. The van der Waals surface area contributed by atoms with E-state index in [4.69, 9.17) is 5.84 Å². The zero-order chi connectivity index (χ0) is 14.7. The molecule has 0 amide bonds. The molecule has 0 aliphatic rings. The maximum absolute atomic E-state index is 13.8. The molecule has 0 aliphatic heterocycles. The van der Waals surface area contributed by atoms with Crippen LogP contribution in [0.4, 0.5) is 8.78 Å². The van der Waals surface area contributed by atoms with Gasteiger partial charge in [0.1, 0.15) is 11.6 Å². The largest absolute Gasteiger partial charge is 0.271 e. The number of aromatic nitrogens is 2. The molecule has 0 spiro atoms. The van der Waals surface area contributed by atoms with Crippen LogP contribution in [0.3, 0.4) is 0 Å². The van der Waals surface area contributed by atoms with Crippen molar-refractivity contribution in [1.82, 2.24) is 15.2 Å². The summed E-state index contributed by atoms with van der Waals surface area (Å²) in [6.07, 6.45) is 0.480. The summed E-state index contributed by atoms with van der Waals surface area (Å²) in [6, 6.07) is 5.01. The fourth-order valence-corrected chi connectivity index (χ4v) is 2.29. The van der Waals surface area contributed by atoms with Crippen molar-refractivity contribution in [2.75, 3.05) is 0 Å². The van der Waals surface area contributed by atoms with Crippen LogP contribution in [0.5, 0.6) is 0 Å². The zero-order valence-corrected chi connectivity index (χ0v) is 11.5. The molecule has 0 saturated heterocycles. The number of hydrogen-bond acceptors (Lipinski definition) is 3. The predicted molar refractivity (Wildman–Crippen MR) is 72.8 cm³/mol. The number of nitrogens with two attached hydrogens (primary N) is 1. The number of hydrogen-bond donors (Lipinski definition) is 2. The van der Waals surface area contributed by atoms with Gasteiger partial charge >= 0.3 is 0 Å². The minimum absolute atomic E-state index is 0.343. The lowest BCUT2D eigenvalue weighted by Crippen LogP contribution is -2.31. The Balaban J connectivity index is 2.28. The average molecular weight is 280 g/mol. The van der Waals surface area contributed by atoms with Gasteiger partial charge in [-0.2, -0.15) is 5.10 Å². The quantitative estimate of drug-likeness (QED) is 0.652. The number of rotatable bonds is 5. The Bertz CT molecular complexity index is 595. The zero-order valence-electron chi connectivity index (χ0n) is 11.5. The van der Waals surface area contributed by atoms with E-state index in [2.05, 4.69) is 10.5 Å². The van der Waals surface area contributed by atoms with Crippen LogP contribution in [0.15, 0.2) is 24.3 Å². The van der Waals surface area contributed by atoms with Gasteiger partial charge in [0.25, 0.3) is 0 Å². The Morgan fingerprint density at radius 3 is 2.70 bits per heavy atom. The van der Waals surface area contributed by atoms with Crippen LogP contribution >= 0.6 is 0 Å². The van der Waals surface area contributed by atoms with Crippen molar-refractivity contribution in [1.29, 1.82) is 0 Å². The topological polar surface area (TPSA) is 55.9 Å². The summed E-state index contributed by atoms with van der Waals surface area (Å²) in [6.45, 7) is 4.62. The van der Waals surface area contributed by atoms with Gasteiger partial charge in [0.05, 0.1) is 11.7 Å². The van der Waals surface area contributed by atoms with Gasteiger partial charge in [-0.15, -0.1) is 0 Å². The first kappa shape index (κ1) is 14.6. The molecule has 0 radical (unpaired) electrons. The average Bonchev–Trinajstić information content (AvgIpc) is 2.76. The van der Waals surface area contributed by atoms with E-state index in [0.717, 1.165) is 24.0 Å². The van der Waals surface area contributed by atoms with Crippen molar-refractivity contribution >= 4 is 0 Å². The molecule has 108 valence electrons. The third-order valence-electron chi connectivity index (χ3n) is 3.24. The van der Waals surface area contributed by atoms with Crippen LogP contribution in [-0.4, -0.2) is 9.78 Å². The number of hydrazine groups is 1. The fourth-order valence-electron chi connectivity index (χ4n) is 2.29. The maximum Gasteiger partial charge on any atom is 0.130 e. The summed E-state index contributed by atoms with van der Waals surface area (Å²) < 4.78 is 28.6. The molecule has 3 N–H and O–H groups in total. The van der Waals surface area contributed by atoms with Gasteiger partial charge < -0.3 is 0 Å². The van der Waals surface area contributed by atoms with Crippen LogP contribution in [-0.2, 0) is 13.0 Å². The Labute approximate surface area is 116 Å². The van der Waals surface area contributed by atoms with E-state index >= 15 is 0 Å². The fraction of sp³-hybridized carbons (Fsp3) is 0.357. The lowest BCUT2D eigenvalue weighted by atomic mass is 10.0. The van der Waals surface area contributed by atoms with Crippen LogP contribution in [0.2, 0.25) is 0 Å². The van der Waals surface area contributed by atoms with Crippen LogP contribution in [0, 0.1) is 18.6 Å². The molecule has 1 aromatic carbocycles. The van der Waals surface area contributed by atoms with E-state index in [1.807, 2.05) is 24.6 Å². The highest BCUT2D eigenvalue weighted by atomic mass is 19.1. The van der Waals surface area contributed by atoms with Crippen molar-refractivity contribution in [2.24, 2.45) is 5.84 Å². The minimum Gasteiger partial charge on any atom is -0.271 e. The molecule has 0 saturated carbocycles. The van der Waals surface area contributed by atoms with E-state index in [1.54, 1.807) is 0 Å². The molecule has 1 heterocycles. The third-order valence-corrected chi connectivity index (χ3v) is 3.24. The summed E-state index contributed by atoms with van der Waals surface area (Å²) >= 11 is 0. The number of aryl methyl sites for hydroxylation is 2. The lowest BCUT2D eigenvalue weighted by molar-refractivity contribution is 0.485. The maximum atomic E-state index is 13.8. The minimum atomic E-state index is -0.604. The van der Waals surface area contributed by atoms with E-state index < -0.39 is 17.7 Å². The standard InChI is InChI=1S/C14H18F2N4/c1-3-20-11(6-9(2)19-20)8-14(18-17)12-5-4-10(15)7-13(12)16/h4-7,14,18H,3,8,17H2,1-2H3. The Kier molecular flexibility index (Phi) is 4.46. The van der Waals surface area contributed by atoms with Crippen molar-refractivity contribution in [2.45, 2.75) is 32.9 Å². The van der Waals surface area contributed by atoms with Gasteiger partial charge in [-0.1, -0.05) is 6.07 Å². The van der Waals surface area contributed by atoms with E-state index in [9.17, 15) is 8.78 Å². The molecule has 2 rings (SSSR count). The van der Waals surface area contributed by atoms with Gasteiger partial charge in [-0.05, 0) is 26.0 Å². The van der Waals surface area contributed by atoms with Crippen molar-refractivity contribution < 1.29 is 8.78 Å². The number of nitrogens with zero attached hydrogens (tertiary/aromatic N) is 2. The van der Waals surface area contributed by atoms with Crippen molar-refractivity contribution in [3.05, 3.63) is 52.9 Å². The monoisotopic (exact) mass is 280 g/mol. The number of nitrogens with one attached hydrogen (secondary N) is 1. The highest BCUT2D eigenvalue weighted by Crippen LogP contribution is 2.22. The SMILES string of the molecule is CCn1nc(C)cc1CC(NN)c1ccc(F)cc1F. The molecule has 6 heteroatoms. The first-order valence-corrected chi connectivity index (χ1v) is 6.49. The van der Waals surface area contributed by atoms with E-state index in [0.29, 0.717) is 12.0 Å². The smallest absolute Gasteiger partial charge is 0.130 e. The van der Waals surface area contributed by atoms with Crippen molar-refractivity contribution in [3.63, 3.8) is 0 Å². The molecule has 0 bridgehead atoms. The molecule has 2 aromatic rings. The molecule has 0 aliphatic carbocycles. The van der Waals surface area contributed by atoms with Crippen LogP contribution in [0.25, 0.3) is 0 Å². The Hall–Kier alpha value is -1.79. The lowest BCUT2D eigenvalue weighted by Gasteiger charge is -2.17. The van der Waals surface area contributed by atoms with Crippen molar-refractivity contribution in [3.8, 4) is 0 Å². The van der Waals surface area contributed by atoms with Gasteiger partial charge in [0.15, 0.2) is 0 Å².